The number of methoxy groups -OCH3 is 1. The smallest absolute Gasteiger partial charge is 0.251 e. The van der Waals surface area contributed by atoms with Crippen LogP contribution in [0.5, 0.6) is 5.75 Å². The zero-order chi connectivity index (χ0) is 15.2. The van der Waals surface area contributed by atoms with Crippen LogP contribution in [0.2, 0.25) is 0 Å². The van der Waals surface area contributed by atoms with Crippen molar-refractivity contribution in [1.29, 1.82) is 0 Å². The van der Waals surface area contributed by atoms with Gasteiger partial charge in [-0.2, -0.15) is 0 Å². The van der Waals surface area contributed by atoms with Gasteiger partial charge in [0.05, 0.1) is 7.11 Å². The van der Waals surface area contributed by atoms with E-state index in [1.54, 1.807) is 7.11 Å². The molecule has 2 aromatic rings. The molecule has 3 N–H and O–H groups in total. The highest BCUT2D eigenvalue weighted by Gasteiger charge is 2.05. The lowest BCUT2D eigenvalue weighted by Crippen LogP contribution is -2.31. The highest BCUT2D eigenvalue weighted by atomic mass is 16.5. The van der Waals surface area contributed by atoms with E-state index in [0.29, 0.717) is 12.2 Å². The van der Waals surface area contributed by atoms with Crippen molar-refractivity contribution in [1.82, 2.24) is 9.88 Å². The zero-order valence-electron chi connectivity index (χ0n) is 11.7. The van der Waals surface area contributed by atoms with E-state index >= 15 is 0 Å². The molecule has 0 saturated heterocycles. The Morgan fingerprint density at radius 3 is 2.62 bits per heavy atom. The summed E-state index contributed by atoms with van der Waals surface area (Å²) < 4.78 is 6.34. The standard InChI is InChI=1S/C15H17N3O3/c1-21-13-5-2-11(3-6-13)8-17-14(19)10-18-9-12(16)4-7-15(18)20/h2-7,9H,8,10,16H2,1H3,(H,17,19). The van der Waals surface area contributed by atoms with Gasteiger partial charge in [-0.3, -0.25) is 9.59 Å². The summed E-state index contributed by atoms with van der Waals surface area (Å²) in [6, 6.07) is 10.2. The van der Waals surface area contributed by atoms with Crippen molar-refractivity contribution in [2.45, 2.75) is 13.1 Å². The maximum absolute atomic E-state index is 11.8. The van der Waals surface area contributed by atoms with Crippen molar-refractivity contribution in [2.24, 2.45) is 0 Å². The average molecular weight is 287 g/mol. The fourth-order valence-electron chi connectivity index (χ4n) is 1.83. The lowest BCUT2D eigenvalue weighted by Gasteiger charge is -2.08. The molecule has 1 aromatic carbocycles. The number of carbonyl (C=O) groups is 1. The monoisotopic (exact) mass is 287 g/mol. The highest BCUT2D eigenvalue weighted by molar-refractivity contribution is 5.75. The number of pyridine rings is 1. The van der Waals surface area contributed by atoms with Crippen molar-refractivity contribution in [2.75, 3.05) is 12.8 Å². The molecular weight excluding hydrogens is 270 g/mol. The predicted molar refractivity (Wildman–Crippen MR) is 80.0 cm³/mol. The number of nitrogens with one attached hydrogen (secondary N) is 1. The molecule has 0 bridgehead atoms. The Bertz CT molecular complexity index is 677. The molecule has 0 atom stereocenters. The molecule has 6 heteroatoms. The Morgan fingerprint density at radius 1 is 1.24 bits per heavy atom. The number of benzene rings is 1. The maximum atomic E-state index is 11.8. The highest BCUT2D eigenvalue weighted by Crippen LogP contribution is 2.10. The van der Waals surface area contributed by atoms with E-state index in [0.717, 1.165) is 11.3 Å². The molecule has 0 spiro atoms. The van der Waals surface area contributed by atoms with Crippen LogP contribution in [0.3, 0.4) is 0 Å². The van der Waals surface area contributed by atoms with E-state index in [4.69, 9.17) is 10.5 Å². The summed E-state index contributed by atoms with van der Waals surface area (Å²) in [6.07, 6.45) is 1.45. The summed E-state index contributed by atoms with van der Waals surface area (Å²) in [5.74, 6) is 0.509. The number of nitrogens with zero attached hydrogens (tertiary/aromatic N) is 1. The summed E-state index contributed by atoms with van der Waals surface area (Å²) in [6.45, 7) is 0.333. The molecular formula is C15H17N3O3. The molecule has 0 aliphatic rings. The van der Waals surface area contributed by atoms with Crippen LogP contribution >= 0.6 is 0 Å². The molecule has 6 nitrogen and oxygen atoms in total. The Morgan fingerprint density at radius 2 is 1.95 bits per heavy atom. The van der Waals surface area contributed by atoms with Gasteiger partial charge in [-0.25, -0.2) is 0 Å². The van der Waals surface area contributed by atoms with Crippen LogP contribution in [0.25, 0.3) is 0 Å². The molecule has 0 aliphatic carbocycles. The van der Waals surface area contributed by atoms with Crippen LogP contribution in [0.15, 0.2) is 47.4 Å². The second kappa shape index (κ2) is 6.60. The topological polar surface area (TPSA) is 86.3 Å². The third-order valence-electron chi connectivity index (χ3n) is 2.97. The first-order valence-electron chi connectivity index (χ1n) is 6.44. The van der Waals surface area contributed by atoms with Crippen molar-refractivity contribution in [3.05, 3.63) is 58.5 Å². The van der Waals surface area contributed by atoms with Crippen LogP contribution < -0.4 is 21.3 Å². The molecule has 110 valence electrons. The van der Waals surface area contributed by atoms with Crippen LogP contribution in [0.1, 0.15) is 5.56 Å². The van der Waals surface area contributed by atoms with Crippen LogP contribution in [0, 0.1) is 0 Å². The number of aromatic nitrogens is 1. The average Bonchev–Trinajstić information content (AvgIpc) is 2.49. The van der Waals surface area contributed by atoms with Gasteiger partial charge in [0.25, 0.3) is 5.56 Å². The second-order valence-electron chi connectivity index (χ2n) is 4.55. The van der Waals surface area contributed by atoms with Crippen molar-refractivity contribution in [3.8, 4) is 5.75 Å². The number of nitrogens with two attached hydrogens (primary N) is 1. The van der Waals surface area contributed by atoms with E-state index in [9.17, 15) is 9.59 Å². The van der Waals surface area contributed by atoms with E-state index in [-0.39, 0.29) is 18.0 Å². The minimum atomic E-state index is -0.260. The van der Waals surface area contributed by atoms with Crippen molar-refractivity contribution < 1.29 is 9.53 Å². The van der Waals surface area contributed by atoms with Crippen molar-refractivity contribution >= 4 is 11.6 Å². The molecule has 0 radical (unpaired) electrons. The van der Waals surface area contributed by atoms with Gasteiger partial charge >= 0.3 is 0 Å². The number of hydrogen-bond donors (Lipinski definition) is 2. The Hall–Kier alpha value is -2.76. The van der Waals surface area contributed by atoms with Gasteiger partial charge in [0.1, 0.15) is 12.3 Å². The molecule has 1 heterocycles. The van der Waals surface area contributed by atoms with Gasteiger partial charge in [-0.1, -0.05) is 12.1 Å². The zero-order valence-corrected chi connectivity index (χ0v) is 11.7. The minimum absolute atomic E-state index is 0.0555. The van der Waals surface area contributed by atoms with Crippen molar-refractivity contribution in [3.63, 3.8) is 0 Å². The molecule has 0 unspecified atom stereocenters. The first-order valence-corrected chi connectivity index (χ1v) is 6.44. The fraction of sp³-hybridized carbons (Fsp3) is 0.200. The van der Waals surface area contributed by atoms with E-state index in [2.05, 4.69) is 5.32 Å². The van der Waals surface area contributed by atoms with Gasteiger partial charge in [0.2, 0.25) is 5.91 Å². The molecule has 21 heavy (non-hydrogen) atoms. The van der Waals surface area contributed by atoms with Gasteiger partial charge in [0, 0.05) is 24.5 Å². The SMILES string of the molecule is COc1ccc(CNC(=O)Cn2cc(N)ccc2=O)cc1. The largest absolute Gasteiger partial charge is 0.497 e. The van der Waals surface area contributed by atoms with Crippen LogP contribution in [0.4, 0.5) is 5.69 Å². The van der Waals surface area contributed by atoms with Gasteiger partial charge in [0.15, 0.2) is 0 Å². The summed E-state index contributed by atoms with van der Waals surface area (Å²) >= 11 is 0. The van der Waals surface area contributed by atoms with Gasteiger partial charge in [-0.05, 0) is 23.8 Å². The number of ether oxygens (including phenoxy) is 1. The summed E-state index contributed by atoms with van der Waals surface area (Å²) in [7, 11) is 1.60. The Labute approximate surface area is 122 Å². The van der Waals surface area contributed by atoms with E-state index in [1.165, 1.54) is 22.9 Å². The summed E-state index contributed by atoms with van der Waals surface area (Å²) in [4.78, 5) is 23.4. The van der Waals surface area contributed by atoms with Crippen LogP contribution in [-0.4, -0.2) is 17.6 Å². The number of nitrogen functional groups attached to an aromatic ring is 1. The number of amides is 1. The molecule has 1 aromatic heterocycles. The number of hydrogen-bond acceptors (Lipinski definition) is 4. The third kappa shape index (κ3) is 4.10. The molecule has 0 fully saturated rings. The van der Waals surface area contributed by atoms with Gasteiger partial charge < -0.3 is 20.4 Å². The number of rotatable bonds is 5. The third-order valence-corrected chi connectivity index (χ3v) is 2.97. The van der Waals surface area contributed by atoms with Gasteiger partial charge in [-0.15, -0.1) is 0 Å². The number of anilines is 1. The minimum Gasteiger partial charge on any atom is -0.497 e. The summed E-state index contributed by atoms with van der Waals surface area (Å²) in [5.41, 5.74) is 6.72. The van der Waals surface area contributed by atoms with E-state index in [1.807, 2.05) is 24.3 Å². The van der Waals surface area contributed by atoms with Crippen LogP contribution in [-0.2, 0) is 17.9 Å². The normalized spacial score (nSPS) is 10.1. The lowest BCUT2D eigenvalue weighted by molar-refractivity contribution is -0.121. The first-order chi connectivity index (χ1) is 10.1. The number of carbonyl (C=O) groups excluding carboxylic acids is 1. The fourth-order valence-corrected chi connectivity index (χ4v) is 1.83. The molecule has 1 amide bonds. The summed E-state index contributed by atoms with van der Waals surface area (Å²) in [5, 5.41) is 2.75. The second-order valence-corrected chi connectivity index (χ2v) is 4.55. The lowest BCUT2D eigenvalue weighted by atomic mass is 10.2. The maximum Gasteiger partial charge on any atom is 0.251 e. The Kier molecular flexibility index (Phi) is 4.61. The van der Waals surface area contributed by atoms with E-state index < -0.39 is 0 Å². The first kappa shape index (κ1) is 14.6. The predicted octanol–water partition coefficient (Wildman–Crippen LogP) is 0.755. The molecule has 0 aliphatic heterocycles. The molecule has 0 saturated carbocycles. The Balaban J connectivity index is 1.92. The molecule has 2 rings (SSSR count). The quantitative estimate of drug-likeness (QED) is 0.850.